The number of carbonyl (C=O) groups is 1. The molecule has 0 aromatic heterocycles. The van der Waals surface area contributed by atoms with E-state index in [9.17, 15) is 21.6 Å². The van der Waals surface area contributed by atoms with E-state index in [1.165, 1.54) is 74.9 Å². The number of carbonyl (C=O) groups excluding carboxylic acids is 1. The van der Waals surface area contributed by atoms with Gasteiger partial charge in [-0.1, -0.05) is 40.9 Å². The minimum Gasteiger partial charge on any atom is -0.497 e. The van der Waals surface area contributed by atoms with Crippen molar-refractivity contribution in [2.75, 3.05) is 35.1 Å². The fourth-order valence-electron chi connectivity index (χ4n) is 3.94. The Balaban J connectivity index is 1.55. The molecule has 14 heteroatoms. The number of amides is 1. The van der Waals surface area contributed by atoms with E-state index in [1.807, 2.05) is 6.92 Å². The maximum absolute atomic E-state index is 13.6. The Labute approximate surface area is 260 Å². The number of hydrogen-bond acceptors (Lipinski definition) is 7. The fraction of sp³-hybridized carbons (Fsp3) is 0.138. The fourth-order valence-corrected chi connectivity index (χ4v) is 6.70. The zero-order valence-electron chi connectivity index (χ0n) is 23.2. The van der Waals surface area contributed by atoms with Gasteiger partial charge in [0, 0.05) is 11.8 Å². The van der Waals surface area contributed by atoms with Gasteiger partial charge in [0.25, 0.3) is 20.0 Å². The molecular weight excluding hydrogens is 637 g/mol. The largest absolute Gasteiger partial charge is 0.497 e. The topological polar surface area (TPSA) is 131 Å². The van der Waals surface area contributed by atoms with E-state index < -0.39 is 32.5 Å². The first-order valence-corrected chi connectivity index (χ1v) is 16.2. The molecule has 4 aromatic carbocycles. The molecule has 1 amide bonds. The second-order valence-electron chi connectivity index (χ2n) is 9.17. The van der Waals surface area contributed by atoms with Crippen LogP contribution in [0.1, 0.15) is 5.56 Å². The highest BCUT2D eigenvalue weighted by molar-refractivity contribution is 7.93. The summed E-state index contributed by atoms with van der Waals surface area (Å²) in [4.78, 5) is 13.0. The van der Waals surface area contributed by atoms with Crippen molar-refractivity contribution in [2.45, 2.75) is 16.7 Å². The lowest BCUT2D eigenvalue weighted by Gasteiger charge is -2.24. The Bertz CT molecular complexity index is 1850. The van der Waals surface area contributed by atoms with Crippen molar-refractivity contribution in [1.82, 2.24) is 0 Å². The summed E-state index contributed by atoms with van der Waals surface area (Å²) in [7, 11) is -5.37. The van der Waals surface area contributed by atoms with Crippen LogP contribution in [-0.4, -0.2) is 43.5 Å². The molecule has 43 heavy (non-hydrogen) atoms. The van der Waals surface area contributed by atoms with E-state index in [1.54, 1.807) is 24.3 Å². The first kappa shape index (κ1) is 32.0. The van der Waals surface area contributed by atoms with Crippen LogP contribution in [0.3, 0.4) is 0 Å². The number of sulfonamides is 2. The minimum absolute atomic E-state index is 0.0216. The molecule has 0 aliphatic carbocycles. The second-order valence-corrected chi connectivity index (χ2v) is 13.5. The molecule has 2 N–H and O–H groups in total. The smallest absolute Gasteiger partial charge is 0.264 e. The third kappa shape index (κ3) is 7.52. The van der Waals surface area contributed by atoms with E-state index in [-0.39, 0.29) is 36.9 Å². The summed E-state index contributed by atoms with van der Waals surface area (Å²) in [5.74, 6) is 0.0350. The number of nitrogens with one attached hydrogen (secondary N) is 2. The molecule has 0 bridgehead atoms. The number of methoxy groups -OCH3 is 2. The van der Waals surface area contributed by atoms with Crippen LogP contribution in [0.4, 0.5) is 17.1 Å². The lowest BCUT2D eigenvalue weighted by atomic mass is 10.2. The number of halogens is 2. The lowest BCUT2D eigenvalue weighted by molar-refractivity contribution is -0.114. The molecule has 0 aliphatic heterocycles. The summed E-state index contributed by atoms with van der Waals surface area (Å²) in [6, 6.07) is 20.4. The van der Waals surface area contributed by atoms with Crippen LogP contribution < -0.4 is 23.8 Å². The summed E-state index contributed by atoms with van der Waals surface area (Å²) in [6.45, 7) is 1.22. The zero-order chi connectivity index (χ0) is 31.4. The highest BCUT2D eigenvalue weighted by Crippen LogP contribution is 2.32. The maximum Gasteiger partial charge on any atom is 0.264 e. The summed E-state index contributed by atoms with van der Waals surface area (Å²) >= 11 is 12.2. The predicted octanol–water partition coefficient (Wildman–Crippen LogP) is 5.95. The molecule has 0 aliphatic rings. The summed E-state index contributed by atoms with van der Waals surface area (Å²) in [6.07, 6.45) is 0. The molecule has 0 heterocycles. The first-order valence-electron chi connectivity index (χ1n) is 12.5. The van der Waals surface area contributed by atoms with Crippen LogP contribution in [0, 0.1) is 6.92 Å². The molecule has 0 spiro atoms. The van der Waals surface area contributed by atoms with Gasteiger partial charge in [-0.15, -0.1) is 0 Å². The van der Waals surface area contributed by atoms with E-state index in [0.717, 1.165) is 9.87 Å². The Hall–Kier alpha value is -3.97. The van der Waals surface area contributed by atoms with Crippen molar-refractivity contribution < 1.29 is 31.1 Å². The van der Waals surface area contributed by atoms with E-state index in [2.05, 4.69) is 10.0 Å². The number of anilines is 3. The van der Waals surface area contributed by atoms with Crippen molar-refractivity contribution in [3.63, 3.8) is 0 Å². The van der Waals surface area contributed by atoms with Gasteiger partial charge in [-0.25, -0.2) is 16.8 Å². The van der Waals surface area contributed by atoms with Crippen LogP contribution in [-0.2, 0) is 24.8 Å². The van der Waals surface area contributed by atoms with Gasteiger partial charge < -0.3 is 14.8 Å². The quantitative estimate of drug-likeness (QED) is 0.203. The molecule has 0 radical (unpaired) electrons. The van der Waals surface area contributed by atoms with Crippen molar-refractivity contribution in [3.8, 4) is 11.5 Å². The second kappa shape index (κ2) is 13.1. The molecular formula is C29H27Cl2N3O7S2. The molecule has 0 saturated carbocycles. The van der Waals surface area contributed by atoms with Crippen molar-refractivity contribution >= 4 is 66.2 Å². The van der Waals surface area contributed by atoms with Crippen molar-refractivity contribution in [3.05, 3.63) is 101 Å². The molecule has 10 nitrogen and oxygen atoms in total. The zero-order valence-corrected chi connectivity index (χ0v) is 26.3. The predicted molar refractivity (Wildman–Crippen MR) is 168 cm³/mol. The van der Waals surface area contributed by atoms with Crippen LogP contribution in [0.25, 0.3) is 0 Å². The van der Waals surface area contributed by atoms with Crippen molar-refractivity contribution in [1.29, 1.82) is 0 Å². The Kier molecular flexibility index (Phi) is 9.75. The average molecular weight is 665 g/mol. The Morgan fingerprint density at radius 2 is 1.44 bits per heavy atom. The monoisotopic (exact) mass is 663 g/mol. The third-order valence-corrected chi connectivity index (χ3v) is 10.1. The van der Waals surface area contributed by atoms with Crippen molar-refractivity contribution in [2.24, 2.45) is 0 Å². The molecule has 0 saturated heterocycles. The summed E-state index contributed by atoms with van der Waals surface area (Å²) < 4.78 is 67.0. The van der Waals surface area contributed by atoms with Crippen LogP contribution in [0.15, 0.2) is 94.7 Å². The van der Waals surface area contributed by atoms with Gasteiger partial charge in [0.05, 0.1) is 45.4 Å². The van der Waals surface area contributed by atoms with Gasteiger partial charge in [0.2, 0.25) is 5.91 Å². The summed E-state index contributed by atoms with van der Waals surface area (Å²) in [5, 5.41) is 2.94. The Morgan fingerprint density at radius 3 is 2.05 bits per heavy atom. The van der Waals surface area contributed by atoms with E-state index >= 15 is 0 Å². The van der Waals surface area contributed by atoms with Gasteiger partial charge in [0.15, 0.2) is 0 Å². The average Bonchev–Trinajstić information content (AvgIpc) is 2.97. The number of aryl methyl sites for hydroxylation is 1. The van der Waals surface area contributed by atoms with Gasteiger partial charge in [-0.3, -0.25) is 13.8 Å². The molecule has 0 fully saturated rings. The normalized spacial score (nSPS) is 11.5. The van der Waals surface area contributed by atoms with Gasteiger partial charge in [-0.2, -0.15) is 0 Å². The summed E-state index contributed by atoms with van der Waals surface area (Å²) in [5.41, 5.74) is 1.41. The van der Waals surface area contributed by atoms with Gasteiger partial charge in [0.1, 0.15) is 18.0 Å². The number of ether oxygens (including phenoxy) is 2. The number of benzene rings is 4. The highest BCUT2D eigenvalue weighted by Gasteiger charge is 2.28. The molecule has 4 rings (SSSR count). The minimum atomic E-state index is -4.19. The number of rotatable bonds is 11. The number of nitrogens with zero attached hydrogens (tertiary/aromatic N) is 1. The van der Waals surface area contributed by atoms with E-state index in [0.29, 0.717) is 11.5 Å². The highest BCUT2D eigenvalue weighted by atomic mass is 35.5. The third-order valence-electron chi connectivity index (χ3n) is 6.19. The molecule has 0 unspecified atom stereocenters. The first-order chi connectivity index (χ1) is 20.3. The van der Waals surface area contributed by atoms with Crippen LogP contribution in [0.5, 0.6) is 11.5 Å². The molecule has 0 atom stereocenters. The standard InChI is InChI=1S/C29H27Cl2N3O7S2/c1-19-4-10-24(11-5-19)43(38,39)34(21-8-14-25(30)26(31)16-21)18-29(35)32-20-6-12-23(13-7-20)42(36,37)33-27-17-22(40-2)9-15-28(27)41-3/h4-17,33H,18H2,1-3H3,(H,32,35). The van der Waals surface area contributed by atoms with Crippen LogP contribution in [0.2, 0.25) is 10.0 Å². The van der Waals surface area contributed by atoms with Gasteiger partial charge >= 0.3 is 0 Å². The molecule has 226 valence electrons. The van der Waals surface area contributed by atoms with Crippen LogP contribution >= 0.6 is 23.2 Å². The molecule has 4 aromatic rings. The SMILES string of the molecule is COc1ccc(OC)c(NS(=O)(=O)c2ccc(NC(=O)CN(c3ccc(Cl)c(Cl)c3)S(=O)(=O)c3ccc(C)cc3)cc2)c1. The lowest BCUT2D eigenvalue weighted by Crippen LogP contribution is -2.38. The van der Waals surface area contributed by atoms with Gasteiger partial charge in [-0.05, 0) is 73.7 Å². The maximum atomic E-state index is 13.6. The Morgan fingerprint density at radius 1 is 0.791 bits per heavy atom. The number of hydrogen-bond donors (Lipinski definition) is 2. The van der Waals surface area contributed by atoms with E-state index in [4.69, 9.17) is 32.7 Å².